The lowest BCUT2D eigenvalue weighted by Gasteiger charge is -2.41. The van der Waals surface area contributed by atoms with E-state index in [2.05, 4.69) is 14.8 Å². The van der Waals surface area contributed by atoms with Gasteiger partial charge in [-0.2, -0.15) is 26.3 Å². The maximum atomic E-state index is 14.0. The Hall–Kier alpha value is -3.45. The molecule has 1 aliphatic heterocycles. The molecule has 14 heteroatoms. The molecule has 0 atom stereocenters. The Morgan fingerprint density at radius 1 is 1.06 bits per heavy atom. The van der Waals surface area contributed by atoms with Gasteiger partial charge >= 0.3 is 18.3 Å². The fraction of sp³-hybridized carbons (Fsp3) is 0.333. The van der Waals surface area contributed by atoms with E-state index in [4.69, 9.17) is 0 Å². The third-order valence-corrected chi connectivity index (χ3v) is 4.47. The number of alkyl halides is 7. The SMILES string of the molecule is COC(=O)C1(F)CN(C(=O)C=Cn2cnc(-c3cc(C(F)(F)F)cc(C(F)(F)F)c3)n2)C1. The van der Waals surface area contributed by atoms with Crippen molar-refractivity contribution < 1.29 is 45.1 Å². The lowest BCUT2D eigenvalue weighted by molar-refractivity contribution is -0.170. The van der Waals surface area contributed by atoms with Crippen molar-refractivity contribution in [2.45, 2.75) is 18.0 Å². The van der Waals surface area contributed by atoms with Gasteiger partial charge in [-0.3, -0.25) is 4.79 Å². The summed E-state index contributed by atoms with van der Waals surface area (Å²) in [5, 5.41) is 3.74. The molecule has 32 heavy (non-hydrogen) atoms. The lowest BCUT2D eigenvalue weighted by atomic mass is 9.96. The highest BCUT2D eigenvalue weighted by Gasteiger charge is 2.52. The second-order valence-corrected chi connectivity index (χ2v) is 6.81. The van der Waals surface area contributed by atoms with Gasteiger partial charge in [-0.25, -0.2) is 18.9 Å². The second-order valence-electron chi connectivity index (χ2n) is 6.81. The van der Waals surface area contributed by atoms with Gasteiger partial charge in [0.1, 0.15) is 6.33 Å². The number of hydrogen-bond acceptors (Lipinski definition) is 5. The van der Waals surface area contributed by atoms with Crippen molar-refractivity contribution in [2.75, 3.05) is 20.2 Å². The number of carbonyl (C=O) groups excluding carboxylic acids is 2. The molecule has 7 nitrogen and oxygen atoms in total. The average molecular weight is 466 g/mol. The number of aromatic nitrogens is 3. The van der Waals surface area contributed by atoms with Crippen molar-refractivity contribution in [1.82, 2.24) is 19.7 Å². The number of esters is 1. The fourth-order valence-corrected chi connectivity index (χ4v) is 2.84. The second kappa shape index (κ2) is 7.91. The molecular formula is C18H13F7N4O3. The van der Waals surface area contributed by atoms with Crippen molar-refractivity contribution in [3.05, 3.63) is 41.7 Å². The fourth-order valence-electron chi connectivity index (χ4n) is 2.84. The molecule has 1 amide bonds. The molecule has 172 valence electrons. The van der Waals surface area contributed by atoms with E-state index >= 15 is 0 Å². The van der Waals surface area contributed by atoms with Crippen LogP contribution in [0.4, 0.5) is 30.7 Å². The molecule has 0 saturated carbocycles. The Bertz CT molecular complexity index is 1040. The van der Waals surface area contributed by atoms with Crippen LogP contribution in [0.2, 0.25) is 0 Å². The quantitative estimate of drug-likeness (QED) is 0.393. The summed E-state index contributed by atoms with van der Waals surface area (Å²) >= 11 is 0. The standard InChI is InChI=1S/C18H13F7N4O3/c1-32-15(31)16(19)7-28(8-16)13(30)2-3-29-9-26-14(27-29)10-4-11(17(20,21)22)6-12(5-10)18(23,24)25/h2-6,9H,7-8H2,1H3. The van der Waals surface area contributed by atoms with Gasteiger partial charge in [-0.05, 0) is 18.2 Å². The van der Waals surface area contributed by atoms with E-state index in [9.17, 15) is 40.3 Å². The zero-order valence-corrected chi connectivity index (χ0v) is 16.0. The van der Waals surface area contributed by atoms with Gasteiger partial charge in [0.2, 0.25) is 11.6 Å². The first-order chi connectivity index (χ1) is 14.7. The Kier molecular flexibility index (Phi) is 5.74. The van der Waals surface area contributed by atoms with Gasteiger partial charge in [0, 0.05) is 17.8 Å². The largest absolute Gasteiger partial charge is 0.467 e. The number of ether oxygens (including phenoxy) is 1. The van der Waals surface area contributed by atoms with E-state index < -0.39 is 65.5 Å². The number of halogens is 7. The molecule has 0 radical (unpaired) electrons. The van der Waals surface area contributed by atoms with Crippen LogP contribution in [0.15, 0.2) is 30.6 Å². The number of hydrogen-bond donors (Lipinski definition) is 0. The number of benzene rings is 1. The van der Waals surface area contributed by atoms with Gasteiger partial charge in [0.25, 0.3) is 0 Å². The number of amides is 1. The maximum Gasteiger partial charge on any atom is 0.416 e. The summed E-state index contributed by atoms with van der Waals surface area (Å²) in [4.78, 5) is 27.9. The molecule has 1 aromatic carbocycles. The van der Waals surface area contributed by atoms with Gasteiger partial charge in [-0.15, -0.1) is 5.10 Å². The summed E-state index contributed by atoms with van der Waals surface area (Å²) in [5.74, 6) is -2.28. The minimum atomic E-state index is -5.03. The van der Waals surface area contributed by atoms with Crippen LogP contribution in [0.3, 0.4) is 0 Å². The van der Waals surface area contributed by atoms with Crippen LogP contribution in [0.1, 0.15) is 11.1 Å². The molecule has 1 fully saturated rings. The molecule has 0 aliphatic carbocycles. The Morgan fingerprint density at radius 3 is 2.12 bits per heavy atom. The van der Waals surface area contributed by atoms with E-state index in [1.54, 1.807) is 0 Å². The predicted molar refractivity (Wildman–Crippen MR) is 93.2 cm³/mol. The third kappa shape index (κ3) is 4.73. The molecule has 0 bridgehead atoms. The number of rotatable bonds is 4. The Labute approximate surface area is 175 Å². The van der Waals surface area contributed by atoms with Crippen molar-refractivity contribution in [1.29, 1.82) is 0 Å². The molecule has 1 saturated heterocycles. The summed E-state index contributed by atoms with van der Waals surface area (Å²) in [7, 11) is 0.998. The smallest absolute Gasteiger partial charge is 0.416 e. The van der Waals surface area contributed by atoms with E-state index in [0.717, 1.165) is 35.3 Å². The van der Waals surface area contributed by atoms with Crippen LogP contribution in [-0.4, -0.2) is 57.4 Å². The van der Waals surface area contributed by atoms with Gasteiger partial charge in [0.05, 0.1) is 31.3 Å². The first-order valence-corrected chi connectivity index (χ1v) is 8.68. The monoisotopic (exact) mass is 466 g/mol. The first kappa shape index (κ1) is 23.2. The van der Waals surface area contributed by atoms with E-state index in [-0.39, 0.29) is 6.07 Å². The van der Waals surface area contributed by atoms with Gasteiger partial charge in [0.15, 0.2) is 5.82 Å². The summed E-state index contributed by atoms with van der Waals surface area (Å²) in [6.45, 7) is -1.06. The number of methoxy groups -OCH3 is 1. The van der Waals surface area contributed by atoms with Crippen LogP contribution in [0.5, 0.6) is 0 Å². The highest BCUT2D eigenvalue weighted by atomic mass is 19.4. The van der Waals surface area contributed by atoms with Crippen LogP contribution in [-0.2, 0) is 26.7 Å². The van der Waals surface area contributed by atoms with Crippen molar-refractivity contribution in [2.24, 2.45) is 0 Å². The minimum absolute atomic E-state index is 0.0225. The molecule has 1 aliphatic rings. The molecule has 0 spiro atoms. The highest BCUT2D eigenvalue weighted by molar-refractivity contribution is 5.93. The van der Waals surface area contributed by atoms with Crippen molar-refractivity contribution in [3.63, 3.8) is 0 Å². The highest BCUT2D eigenvalue weighted by Crippen LogP contribution is 2.38. The van der Waals surface area contributed by atoms with Crippen LogP contribution < -0.4 is 0 Å². The van der Waals surface area contributed by atoms with Crippen LogP contribution in [0.25, 0.3) is 17.6 Å². The van der Waals surface area contributed by atoms with E-state index in [0.29, 0.717) is 12.1 Å². The maximum absolute atomic E-state index is 14.0. The van der Waals surface area contributed by atoms with Gasteiger partial charge in [-0.1, -0.05) is 0 Å². The third-order valence-electron chi connectivity index (χ3n) is 4.47. The van der Waals surface area contributed by atoms with E-state index in [1.165, 1.54) is 0 Å². The number of carbonyl (C=O) groups is 2. The summed E-state index contributed by atoms with van der Waals surface area (Å²) < 4.78 is 97.1. The van der Waals surface area contributed by atoms with Crippen LogP contribution >= 0.6 is 0 Å². The zero-order chi connectivity index (χ0) is 23.9. The summed E-state index contributed by atoms with van der Waals surface area (Å²) in [6.07, 6.45) is -7.16. The lowest BCUT2D eigenvalue weighted by Crippen LogP contribution is -2.64. The van der Waals surface area contributed by atoms with Crippen molar-refractivity contribution >= 4 is 18.1 Å². The van der Waals surface area contributed by atoms with Gasteiger partial charge < -0.3 is 9.64 Å². The average Bonchev–Trinajstić information content (AvgIpc) is 3.16. The normalized spacial score (nSPS) is 16.2. The first-order valence-electron chi connectivity index (χ1n) is 8.68. The number of likely N-dealkylation sites (tertiary alicyclic amines) is 1. The zero-order valence-electron chi connectivity index (χ0n) is 16.0. The summed E-state index contributed by atoms with van der Waals surface area (Å²) in [5.41, 5.74) is -5.89. The topological polar surface area (TPSA) is 77.3 Å². The van der Waals surface area contributed by atoms with Crippen molar-refractivity contribution in [3.8, 4) is 11.4 Å². The molecule has 1 aromatic heterocycles. The summed E-state index contributed by atoms with van der Waals surface area (Å²) in [6, 6.07) is 0.917. The molecule has 2 aromatic rings. The molecule has 0 N–H and O–H groups in total. The van der Waals surface area contributed by atoms with Crippen LogP contribution in [0, 0.1) is 0 Å². The molecular weight excluding hydrogens is 453 g/mol. The Balaban J connectivity index is 1.78. The predicted octanol–water partition coefficient (Wildman–Crippen LogP) is 3.18. The molecule has 3 rings (SSSR count). The molecule has 2 heterocycles. The van der Waals surface area contributed by atoms with E-state index in [1.807, 2.05) is 0 Å². The Morgan fingerprint density at radius 2 is 1.62 bits per heavy atom. The minimum Gasteiger partial charge on any atom is -0.467 e. The number of nitrogens with zero attached hydrogens (tertiary/aromatic N) is 4. The molecule has 0 unspecified atom stereocenters.